The van der Waals surface area contributed by atoms with Crippen LogP contribution >= 0.6 is 0 Å². The summed E-state index contributed by atoms with van der Waals surface area (Å²) in [6.07, 6.45) is 39.1. The van der Waals surface area contributed by atoms with E-state index >= 15 is 0 Å². The fourth-order valence-corrected chi connectivity index (χ4v) is 7.35. The molecule has 0 saturated carbocycles. The summed E-state index contributed by atoms with van der Waals surface area (Å²) in [5.41, 5.74) is 0. The van der Waals surface area contributed by atoms with Gasteiger partial charge in [-0.15, -0.1) is 0 Å². The van der Waals surface area contributed by atoms with Crippen molar-refractivity contribution in [1.29, 1.82) is 0 Å². The SMILES string of the molecule is CCCCC/C=C\C/C=C\CCCCCCCCOCC(COC1OC(CO)C(O)C(O)C1O)OC(=O)CCCCCCCCCCCCCCCCCCCC. The Labute approximate surface area is 349 Å². The summed E-state index contributed by atoms with van der Waals surface area (Å²) in [5, 5.41) is 40.2. The maximum absolute atomic E-state index is 12.8. The molecule has 0 aromatic heterocycles. The monoisotopic (exact) mass is 811 g/mol. The van der Waals surface area contributed by atoms with Gasteiger partial charge in [0.05, 0.1) is 19.8 Å². The largest absolute Gasteiger partial charge is 0.457 e. The quantitative estimate of drug-likeness (QED) is 0.0270. The molecule has 6 unspecified atom stereocenters. The molecular formula is C48H90O9. The van der Waals surface area contributed by atoms with Crippen LogP contribution < -0.4 is 0 Å². The van der Waals surface area contributed by atoms with Crippen molar-refractivity contribution in [3.05, 3.63) is 24.3 Å². The summed E-state index contributed by atoms with van der Waals surface area (Å²) in [7, 11) is 0. The highest BCUT2D eigenvalue weighted by atomic mass is 16.7. The van der Waals surface area contributed by atoms with E-state index in [-0.39, 0.29) is 19.2 Å². The van der Waals surface area contributed by atoms with Crippen molar-refractivity contribution in [2.24, 2.45) is 0 Å². The molecule has 57 heavy (non-hydrogen) atoms. The average Bonchev–Trinajstić information content (AvgIpc) is 3.21. The first-order valence-electron chi connectivity index (χ1n) is 23.9. The summed E-state index contributed by atoms with van der Waals surface area (Å²) in [6, 6.07) is 0. The predicted molar refractivity (Wildman–Crippen MR) is 233 cm³/mol. The molecule has 336 valence electrons. The Hall–Kier alpha value is -1.33. The number of aliphatic hydroxyl groups excluding tert-OH is 4. The van der Waals surface area contributed by atoms with Crippen molar-refractivity contribution in [3.8, 4) is 0 Å². The Morgan fingerprint density at radius 1 is 0.561 bits per heavy atom. The lowest BCUT2D eigenvalue weighted by Gasteiger charge is -2.39. The van der Waals surface area contributed by atoms with Crippen LogP contribution in [0, 0.1) is 0 Å². The van der Waals surface area contributed by atoms with E-state index in [0.717, 1.165) is 51.4 Å². The van der Waals surface area contributed by atoms with Crippen molar-refractivity contribution in [1.82, 2.24) is 0 Å². The van der Waals surface area contributed by atoms with Gasteiger partial charge in [-0.2, -0.15) is 0 Å². The zero-order chi connectivity index (χ0) is 41.4. The van der Waals surface area contributed by atoms with E-state index in [9.17, 15) is 25.2 Å². The van der Waals surface area contributed by atoms with Crippen LogP contribution in [-0.4, -0.2) is 89.6 Å². The summed E-state index contributed by atoms with van der Waals surface area (Å²) in [6.45, 7) is 4.54. The van der Waals surface area contributed by atoms with Crippen molar-refractivity contribution in [2.75, 3.05) is 26.4 Å². The van der Waals surface area contributed by atoms with Gasteiger partial charge in [0.2, 0.25) is 0 Å². The van der Waals surface area contributed by atoms with Crippen LogP contribution in [0.25, 0.3) is 0 Å². The Morgan fingerprint density at radius 3 is 1.54 bits per heavy atom. The predicted octanol–water partition coefficient (Wildman–Crippen LogP) is 11.0. The number of hydrogen-bond donors (Lipinski definition) is 4. The molecule has 9 heteroatoms. The molecule has 0 aromatic carbocycles. The summed E-state index contributed by atoms with van der Waals surface area (Å²) >= 11 is 0. The van der Waals surface area contributed by atoms with Gasteiger partial charge in [0.15, 0.2) is 6.29 Å². The number of unbranched alkanes of at least 4 members (excludes halogenated alkanes) is 26. The minimum Gasteiger partial charge on any atom is -0.457 e. The second-order valence-corrected chi connectivity index (χ2v) is 16.6. The van der Waals surface area contributed by atoms with E-state index < -0.39 is 43.4 Å². The Bertz CT molecular complexity index is 926. The molecule has 0 spiro atoms. The van der Waals surface area contributed by atoms with Crippen LogP contribution in [0.1, 0.15) is 213 Å². The Morgan fingerprint density at radius 2 is 1.02 bits per heavy atom. The lowest BCUT2D eigenvalue weighted by atomic mass is 9.99. The zero-order valence-corrected chi connectivity index (χ0v) is 36.9. The maximum Gasteiger partial charge on any atom is 0.306 e. The smallest absolute Gasteiger partial charge is 0.306 e. The molecule has 1 aliphatic rings. The molecular weight excluding hydrogens is 721 g/mol. The van der Waals surface area contributed by atoms with Gasteiger partial charge in [0.1, 0.15) is 30.5 Å². The van der Waals surface area contributed by atoms with Crippen molar-refractivity contribution in [3.63, 3.8) is 0 Å². The van der Waals surface area contributed by atoms with Crippen LogP contribution in [0.15, 0.2) is 24.3 Å². The molecule has 1 aliphatic heterocycles. The van der Waals surface area contributed by atoms with Gasteiger partial charge in [-0.25, -0.2) is 0 Å². The Balaban J connectivity index is 2.23. The molecule has 0 amide bonds. The van der Waals surface area contributed by atoms with E-state index in [1.54, 1.807) is 0 Å². The molecule has 0 radical (unpaired) electrons. The van der Waals surface area contributed by atoms with E-state index in [1.165, 1.54) is 141 Å². The summed E-state index contributed by atoms with van der Waals surface area (Å²) < 4.78 is 22.8. The first-order valence-corrected chi connectivity index (χ1v) is 23.9. The molecule has 1 heterocycles. The van der Waals surface area contributed by atoms with Crippen molar-refractivity contribution < 1.29 is 44.2 Å². The topological polar surface area (TPSA) is 135 Å². The lowest BCUT2D eigenvalue weighted by molar-refractivity contribution is -0.305. The minimum absolute atomic E-state index is 0.114. The second kappa shape index (κ2) is 40.1. The third-order valence-electron chi connectivity index (χ3n) is 11.1. The van der Waals surface area contributed by atoms with E-state index in [2.05, 4.69) is 38.2 Å². The van der Waals surface area contributed by atoms with Crippen LogP contribution in [0.4, 0.5) is 0 Å². The number of hydrogen-bond acceptors (Lipinski definition) is 9. The highest BCUT2D eigenvalue weighted by Gasteiger charge is 2.44. The standard InChI is InChI=1S/C48H90O9/c1-3-5-7-9-11-13-15-17-19-21-22-23-25-27-29-31-33-35-37-44(50)56-42(41-55-48-47(53)46(52)45(51)43(39-49)57-48)40-54-38-36-34-32-30-28-26-24-20-18-16-14-12-10-8-6-4-2/h12,14,18,20,42-43,45-49,51-53H,3-11,13,15-17,19,21-41H2,1-2H3/b14-12-,20-18-. The van der Waals surface area contributed by atoms with Gasteiger partial charge in [-0.1, -0.05) is 186 Å². The molecule has 1 saturated heterocycles. The van der Waals surface area contributed by atoms with Crippen molar-refractivity contribution >= 4 is 5.97 Å². The number of allylic oxidation sites excluding steroid dienone is 4. The van der Waals surface area contributed by atoms with Gasteiger partial charge in [-0.05, 0) is 44.9 Å². The van der Waals surface area contributed by atoms with Gasteiger partial charge in [0.25, 0.3) is 0 Å². The first kappa shape index (κ1) is 53.7. The van der Waals surface area contributed by atoms with Gasteiger partial charge < -0.3 is 39.4 Å². The van der Waals surface area contributed by atoms with Crippen LogP contribution in [0.2, 0.25) is 0 Å². The highest BCUT2D eigenvalue weighted by molar-refractivity contribution is 5.69. The molecule has 6 atom stereocenters. The number of esters is 1. The van der Waals surface area contributed by atoms with Gasteiger partial charge in [0, 0.05) is 13.0 Å². The van der Waals surface area contributed by atoms with E-state index in [4.69, 9.17) is 18.9 Å². The highest BCUT2D eigenvalue weighted by Crippen LogP contribution is 2.23. The van der Waals surface area contributed by atoms with Gasteiger partial charge >= 0.3 is 5.97 Å². The normalized spacial score (nSPS) is 20.6. The zero-order valence-electron chi connectivity index (χ0n) is 36.9. The van der Waals surface area contributed by atoms with Crippen LogP contribution in [0.3, 0.4) is 0 Å². The number of rotatable bonds is 41. The number of aliphatic hydroxyl groups is 4. The summed E-state index contributed by atoms with van der Waals surface area (Å²) in [5.74, 6) is -0.314. The Kier molecular flexibility index (Phi) is 37.8. The fraction of sp³-hybridized carbons (Fsp3) is 0.896. The molecule has 0 aliphatic carbocycles. The molecule has 0 aromatic rings. The lowest BCUT2D eigenvalue weighted by Crippen LogP contribution is -2.59. The third-order valence-corrected chi connectivity index (χ3v) is 11.1. The molecule has 0 bridgehead atoms. The average molecular weight is 811 g/mol. The number of ether oxygens (including phenoxy) is 4. The van der Waals surface area contributed by atoms with E-state index in [1.807, 2.05) is 0 Å². The molecule has 9 nitrogen and oxygen atoms in total. The van der Waals surface area contributed by atoms with Gasteiger partial charge in [-0.3, -0.25) is 4.79 Å². The minimum atomic E-state index is -1.54. The molecule has 4 N–H and O–H groups in total. The second-order valence-electron chi connectivity index (χ2n) is 16.6. The van der Waals surface area contributed by atoms with Crippen molar-refractivity contribution in [2.45, 2.75) is 250 Å². The molecule has 1 fully saturated rings. The maximum atomic E-state index is 12.8. The first-order chi connectivity index (χ1) is 27.9. The van der Waals surface area contributed by atoms with Crippen LogP contribution in [0.5, 0.6) is 0 Å². The van der Waals surface area contributed by atoms with Crippen LogP contribution in [-0.2, 0) is 23.7 Å². The third kappa shape index (κ3) is 31.2. The number of carbonyl (C=O) groups excluding carboxylic acids is 1. The molecule has 1 rings (SSSR count). The number of carbonyl (C=O) groups is 1. The van der Waals surface area contributed by atoms with E-state index in [0.29, 0.717) is 13.0 Å². The fourth-order valence-electron chi connectivity index (χ4n) is 7.35. The summed E-state index contributed by atoms with van der Waals surface area (Å²) in [4.78, 5) is 12.8.